The van der Waals surface area contributed by atoms with Crippen LogP contribution in [0.3, 0.4) is 0 Å². The Bertz CT molecular complexity index is 811. The van der Waals surface area contributed by atoms with Crippen molar-refractivity contribution in [2.24, 2.45) is 5.92 Å². The van der Waals surface area contributed by atoms with Gasteiger partial charge in [-0.15, -0.1) is 0 Å². The van der Waals surface area contributed by atoms with E-state index in [4.69, 9.17) is 4.52 Å². The summed E-state index contributed by atoms with van der Waals surface area (Å²) in [7, 11) is 0. The Balaban J connectivity index is 1.31. The summed E-state index contributed by atoms with van der Waals surface area (Å²) < 4.78 is 5.41. The van der Waals surface area contributed by atoms with Gasteiger partial charge in [-0.05, 0) is 50.5 Å². The van der Waals surface area contributed by atoms with Crippen molar-refractivity contribution in [3.8, 4) is 0 Å². The largest absolute Gasteiger partial charge is 0.339 e. The van der Waals surface area contributed by atoms with E-state index in [-0.39, 0.29) is 17.9 Å². The van der Waals surface area contributed by atoms with Crippen LogP contribution in [-0.4, -0.2) is 27.5 Å². The van der Waals surface area contributed by atoms with Gasteiger partial charge in [0.05, 0.1) is 6.04 Å². The SMILES string of the molecule is Cc1cccc([C@@H]2C[C@@H]2C(=O)N2CCC[C@H]2c2noc(C3CC3)n2)c1. The van der Waals surface area contributed by atoms with Gasteiger partial charge in [-0.3, -0.25) is 4.79 Å². The normalized spacial score (nSPS) is 28.4. The zero-order valence-electron chi connectivity index (χ0n) is 14.5. The van der Waals surface area contributed by atoms with E-state index in [0.717, 1.165) is 44.5 Å². The minimum absolute atomic E-state index is 0.00232. The van der Waals surface area contributed by atoms with Crippen LogP contribution in [0.4, 0.5) is 0 Å². The van der Waals surface area contributed by atoms with E-state index < -0.39 is 0 Å². The molecule has 2 heterocycles. The van der Waals surface area contributed by atoms with E-state index in [9.17, 15) is 4.79 Å². The summed E-state index contributed by atoms with van der Waals surface area (Å²) in [5.74, 6) is 2.70. The topological polar surface area (TPSA) is 59.2 Å². The van der Waals surface area contributed by atoms with Gasteiger partial charge in [0.15, 0.2) is 5.82 Å². The molecule has 0 radical (unpaired) electrons. The van der Waals surface area contributed by atoms with Crippen LogP contribution >= 0.6 is 0 Å². The second kappa shape index (κ2) is 5.68. The van der Waals surface area contributed by atoms with Crippen LogP contribution in [0, 0.1) is 12.8 Å². The fourth-order valence-corrected chi connectivity index (χ4v) is 4.13. The summed E-state index contributed by atoms with van der Waals surface area (Å²) in [6.45, 7) is 2.92. The molecule has 0 bridgehead atoms. The van der Waals surface area contributed by atoms with Gasteiger partial charge in [-0.1, -0.05) is 35.0 Å². The molecule has 1 aliphatic heterocycles. The smallest absolute Gasteiger partial charge is 0.229 e. The highest BCUT2D eigenvalue weighted by molar-refractivity contribution is 5.83. The van der Waals surface area contributed by atoms with E-state index >= 15 is 0 Å². The van der Waals surface area contributed by atoms with Gasteiger partial charge in [-0.25, -0.2) is 0 Å². The first-order valence-electron chi connectivity index (χ1n) is 9.41. The first-order chi connectivity index (χ1) is 12.2. The van der Waals surface area contributed by atoms with Crippen molar-refractivity contribution < 1.29 is 9.32 Å². The third kappa shape index (κ3) is 2.75. The molecule has 5 nitrogen and oxygen atoms in total. The summed E-state index contributed by atoms with van der Waals surface area (Å²) >= 11 is 0. The van der Waals surface area contributed by atoms with Crippen molar-refractivity contribution >= 4 is 5.91 Å². The average molecular weight is 337 g/mol. The molecule has 1 aromatic carbocycles. The number of aryl methyl sites for hydroxylation is 1. The molecule has 0 N–H and O–H groups in total. The summed E-state index contributed by atoms with van der Waals surface area (Å²) in [6.07, 6.45) is 5.22. The Morgan fingerprint density at radius 2 is 2.16 bits per heavy atom. The monoisotopic (exact) mass is 337 g/mol. The molecule has 1 saturated heterocycles. The van der Waals surface area contributed by atoms with Crippen LogP contribution in [0.15, 0.2) is 28.8 Å². The van der Waals surface area contributed by atoms with Crippen LogP contribution in [-0.2, 0) is 4.79 Å². The molecule has 3 aliphatic rings. The van der Waals surface area contributed by atoms with Gasteiger partial charge in [0.25, 0.3) is 0 Å². The predicted molar refractivity (Wildman–Crippen MR) is 92.0 cm³/mol. The molecule has 2 aliphatic carbocycles. The molecule has 0 unspecified atom stereocenters. The molecule has 2 aromatic rings. The zero-order valence-corrected chi connectivity index (χ0v) is 14.5. The summed E-state index contributed by atoms with van der Waals surface area (Å²) in [4.78, 5) is 19.6. The number of amides is 1. The van der Waals surface area contributed by atoms with Crippen LogP contribution in [0.2, 0.25) is 0 Å². The van der Waals surface area contributed by atoms with Gasteiger partial charge in [0.2, 0.25) is 11.8 Å². The van der Waals surface area contributed by atoms with Crippen molar-refractivity contribution in [3.63, 3.8) is 0 Å². The number of carbonyl (C=O) groups excluding carboxylic acids is 1. The van der Waals surface area contributed by atoms with Crippen LogP contribution < -0.4 is 0 Å². The number of benzene rings is 1. The second-order valence-corrected chi connectivity index (χ2v) is 7.82. The van der Waals surface area contributed by atoms with Crippen LogP contribution in [0.1, 0.15) is 72.8 Å². The number of likely N-dealkylation sites (tertiary alicyclic amines) is 1. The van der Waals surface area contributed by atoms with Gasteiger partial charge >= 0.3 is 0 Å². The summed E-state index contributed by atoms with van der Waals surface area (Å²) in [5, 5.41) is 4.18. The van der Waals surface area contributed by atoms with Crippen LogP contribution in [0.5, 0.6) is 0 Å². The van der Waals surface area contributed by atoms with Crippen molar-refractivity contribution in [3.05, 3.63) is 47.1 Å². The highest BCUT2D eigenvalue weighted by Gasteiger charge is 2.48. The number of hydrogen-bond donors (Lipinski definition) is 0. The minimum Gasteiger partial charge on any atom is -0.339 e. The quantitative estimate of drug-likeness (QED) is 0.853. The average Bonchev–Trinajstić information content (AvgIpc) is 3.51. The lowest BCUT2D eigenvalue weighted by Crippen LogP contribution is -2.32. The molecule has 130 valence electrons. The zero-order chi connectivity index (χ0) is 17.0. The molecular formula is C20H23N3O2. The van der Waals surface area contributed by atoms with E-state index in [2.05, 4.69) is 41.3 Å². The van der Waals surface area contributed by atoms with E-state index in [1.807, 2.05) is 4.90 Å². The number of hydrogen-bond acceptors (Lipinski definition) is 4. The molecule has 3 atom stereocenters. The Morgan fingerprint density at radius 3 is 2.96 bits per heavy atom. The lowest BCUT2D eigenvalue weighted by atomic mass is 10.1. The van der Waals surface area contributed by atoms with Crippen molar-refractivity contribution in [2.75, 3.05) is 6.54 Å². The lowest BCUT2D eigenvalue weighted by molar-refractivity contribution is -0.133. The van der Waals surface area contributed by atoms with E-state index in [1.165, 1.54) is 11.1 Å². The maximum absolute atomic E-state index is 13.1. The summed E-state index contributed by atoms with van der Waals surface area (Å²) in [5.41, 5.74) is 2.55. The molecule has 3 fully saturated rings. The Labute approximate surface area is 147 Å². The fourth-order valence-electron chi connectivity index (χ4n) is 4.13. The first kappa shape index (κ1) is 15.1. The highest BCUT2D eigenvalue weighted by atomic mass is 16.5. The van der Waals surface area contributed by atoms with Crippen molar-refractivity contribution in [1.29, 1.82) is 0 Å². The molecule has 0 spiro atoms. The first-order valence-corrected chi connectivity index (χ1v) is 9.41. The van der Waals surface area contributed by atoms with E-state index in [0.29, 0.717) is 17.7 Å². The van der Waals surface area contributed by atoms with Gasteiger partial charge in [-0.2, -0.15) is 4.98 Å². The van der Waals surface area contributed by atoms with Gasteiger partial charge in [0.1, 0.15) is 0 Å². The second-order valence-electron chi connectivity index (χ2n) is 7.82. The number of aromatic nitrogens is 2. The molecular weight excluding hydrogens is 314 g/mol. The molecule has 1 aromatic heterocycles. The number of rotatable bonds is 4. The minimum atomic E-state index is 0.00232. The molecule has 5 rings (SSSR count). The lowest BCUT2D eigenvalue weighted by Gasteiger charge is -2.22. The van der Waals surface area contributed by atoms with Gasteiger partial charge < -0.3 is 9.42 Å². The maximum Gasteiger partial charge on any atom is 0.229 e. The molecule has 25 heavy (non-hydrogen) atoms. The summed E-state index contributed by atoms with van der Waals surface area (Å²) in [6, 6.07) is 8.55. The molecule has 5 heteroatoms. The number of carbonyl (C=O) groups is 1. The molecule has 1 amide bonds. The molecule has 2 saturated carbocycles. The Kier molecular flexibility index (Phi) is 3.43. The third-order valence-electron chi connectivity index (χ3n) is 5.80. The fraction of sp³-hybridized carbons (Fsp3) is 0.550. The standard InChI is InChI=1S/C20H23N3O2/c1-12-4-2-5-14(10-12)15-11-16(15)20(24)23-9-3-6-17(23)18-21-19(25-22-18)13-7-8-13/h2,4-5,10,13,15-17H,3,6-9,11H2,1H3/t15-,16-,17-/m0/s1. The Morgan fingerprint density at radius 1 is 1.28 bits per heavy atom. The third-order valence-corrected chi connectivity index (χ3v) is 5.80. The Hall–Kier alpha value is -2.17. The van der Waals surface area contributed by atoms with E-state index in [1.54, 1.807) is 0 Å². The highest BCUT2D eigenvalue weighted by Crippen LogP contribution is 2.50. The maximum atomic E-state index is 13.1. The van der Waals surface area contributed by atoms with Crippen LogP contribution in [0.25, 0.3) is 0 Å². The number of nitrogens with zero attached hydrogens (tertiary/aromatic N) is 3. The predicted octanol–water partition coefficient (Wildman–Crippen LogP) is 3.72. The van der Waals surface area contributed by atoms with Crippen molar-refractivity contribution in [2.45, 2.75) is 56.9 Å². The van der Waals surface area contributed by atoms with Gasteiger partial charge in [0, 0.05) is 18.4 Å². The van der Waals surface area contributed by atoms with Crippen molar-refractivity contribution in [1.82, 2.24) is 15.0 Å².